The van der Waals surface area contributed by atoms with Crippen LogP contribution in [-0.2, 0) is 14.8 Å². The van der Waals surface area contributed by atoms with Crippen LogP contribution < -0.4 is 10.0 Å². The number of nitro groups is 1. The number of non-ortho nitro benzene ring substituents is 1. The van der Waals surface area contributed by atoms with E-state index in [0.29, 0.717) is 0 Å². The fraction of sp³-hybridized carbons (Fsp3) is 0.133. The molecule has 11 heteroatoms. The van der Waals surface area contributed by atoms with E-state index in [0.717, 1.165) is 10.5 Å². The number of carbonyl (C=O) groups is 1. The summed E-state index contributed by atoms with van der Waals surface area (Å²) in [6, 6.07) is 9.69. The molecule has 0 aliphatic carbocycles. The number of rotatable bonds is 7. The number of anilines is 1. The van der Waals surface area contributed by atoms with Crippen LogP contribution in [0.4, 0.5) is 11.4 Å². The van der Waals surface area contributed by atoms with E-state index < -0.39 is 20.9 Å². The Morgan fingerprint density at radius 3 is 2.42 bits per heavy atom. The molecule has 138 valence electrons. The molecule has 2 rings (SSSR count). The molecule has 0 aromatic heterocycles. The Kier molecular flexibility index (Phi) is 6.70. The average Bonchev–Trinajstić information content (AvgIpc) is 2.56. The molecule has 0 aliphatic heterocycles. The number of nitrogens with zero attached hydrogens (tertiary/aromatic N) is 1. The van der Waals surface area contributed by atoms with Gasteiger partial charge in [0, 0.05) is 29.6 Å². The maximum absolute atomic E-state index is 12.1. The van der Waals surface area contributed by atoms with E-state index in [1.54, 1.807) is 12.1 Å². The lowest BCUT2D eigenvalue weighted by molar-refractivity contribution is -0.384. The van der Waals surface area contributed by atoms with Crippen LogP contribution in [0.5, 0.6) is 0 Å². The zero-order valence-electron chi connectivity index (χ0n) is 13.1. The van der Waals surface area contributed by atoms with Crippen molar-refractivity contribution in [2.24, 2.45) is 0 Å². The highest BCUT2D eigenvalue weighted by molar-refractivity contribution is 9.10. The molecule has 0 atom stereocenters. The molecule has 0 unspecified atom stereocenters. The van der Waals surface area contributed by atoms with Crippen LogP contribution in [0.1, 0.15) is 6.42 Å². The predicted molar refractivity (Wildman–Crippen MR) is 101 cm³/mol. The Morgan fingerprint density at radius 2 is 1.85 bits per heavy atom. The van der Waals surface area contributed by atoms with Crippen LogP contribution >= 0.6 is 27.5 Å². The molecule has 1 amide bonds. The van der Waals surface area contributed by atoms with Crippen LogP contribution in [0.3, 0.4) is 0 Å². The average molecular weight is 463 g/mol. The Morgan fingerprint density at radius 1 is 1.19 bits per heavy atom. The van der Waals surface area contributed by atoms with Gasteiger partial charge in [0.2, 0.25) is 15.9 Å². The first-order valence-electron chi connectivity index (χ1n) is 7.18. The number of halogens is 2. The summed E-state index contributed by atoms with van der Waals surface area (Å²) in [5.41, 5.74) is 0.00768. The smallest absolute Gasteiger partial charge is 0.271 e. The first kappa shape index (κ1) is 20.3. The zero-order valence-corrected chi connectivity index (χ0v) is 16.3. The summed E-state index contributed by atoms with van der Waals surface area (Å²) in [4.78, 5) is 22.0. The SMILES string of the molecule is O=C(CCNS(=O)(=O)c1ccc(Br)cc1)Nc1ccc([N+](=O)[O-])cc1Cl. The third kappa shape index (κ3) is 5.49. The van der Waals surface area contributed by atoms with Gasteiger partial charge in [-0.05, 0) is 30.3 Å². The van der Waals surface area contributed by atoms with Gasteiger partial charge in [0.1, 0.15) is 0 Å². The standard InChI is InChI=1S/C15H13BrClN3O5S/c16-10-1-4-12(5-2-10)26(24,25)18-8-7-15(21)19-14-6-3-11(20(22)23)9-13(14)17/h1-6,9,18H,7-8H2,(H,19,21). The van der Waals surface area contributed by atoms with Crippen molar-refractivity contribution in [3.05, 3.63) is 62.1 Å². The lowest BCUT2D eigenvalue weighted by atomic mass is 10.2. The summed E-state index contributed by atoms with van der Waals surface area (Å²) in [6.45, 7) is -0.116. The fourth-order valence-corrected chi connectivity index (χ4v) is 3.45. The van der Waals surface area contributed by atoms with Crippen molar-refractivity contribution < 1.29 is 18.1 Å². The van der Waals surface area contributed by atoms with Gasteiger partial charge in [-0.3, -0.25) is 14.9 Å². The minimum Gasteiger partial charge on any atom is -0.325 e. The van der Waals surface area contributed by atoms with Crippen molar-refractivity contribution in [2.45, 2.75) is 11.3 Å². The second kappa shape index (κ2) is 8.58. The van der Waals surface area contributed by atoms with Crippen LogP contribution in [-0.4, -0.2) is 25.8 Å². The van der Waals surface area contributed by atoms with Gasteiger partial charge in [0.15, 0.2) is 0 Å². The third-order valence-corrected chi connectivity index (χ3v) is 5.52. The molecular weight excluding hydrogens is 450 g/mol. The molecule has 0 radical (unpaired) electrons. The second-order valence-electron chi connectivity index (χ2n) is 5.07. The Balaban J connectivity index is 1.91. The first-order chi connectivity index (χ1) is 12.2. The number of hydrogen-bond acceptors (Lipinski definition) is 5. The quantitative estimate of drug-likeness (QED) is 0.483. The number of amides is 1. The molecule has 2 aromatic carbocycles. The van der Waals surface area contributed by atoms with Gasteiger partial charge in [-0.15, -0.1) is 0 Å². The fourth-order valence-electron chi connectivity index (χ4n) is 1.93. The largest absolute Gasteiger partial charge is 0.325 e. The molecule has 26 heavy (non-hydrogen) atoms. The molecule has 2 aromatic rings. The highest BCUT2D eigenvalue weighted by Gasteiger charge is 2.15. The van der Waals surface area contributed by atoms with Gasteiger partial charge in [0.05, 0.1) is 20.5 Å². The lowest BCUT2D eigenvalue weighted by Gasteiger charge is -2.09. The van der Waals surface area contributed by atoms with Crippen molar-refractivity contribution in [3.63, 3.8) is 0 Å². The number of nitro benzene ring substituents is 1. The van der Waals surface area contributed by atoms with E-state index in [-0.39, 0.29) is 34.3 Å². The molecule has 0 spiro atoms. The van der Waals surface area contributed by atoms with Gasteiger partial charge in [-0.2, -0.15) is 0 Å². The number of hydrogen-bond donors (Lipinski definition) is 2. The monoisotopic (exact) mass is 461 g/mol. The molecule has 0 saturated carbocycles. The maximum Gasteiger partial charge on any atom is 0.271 e. The number of carbonyl (C=O) groups excluding carboxylic acids is 1. The van der Waals surface area contributed by atoms with E-state index in [4.69, 9.17) is 11.6 Å². The summed E-state index contributed by atoms with van der Waals surface area (Å²) in [7, 11) is -3.72. The summed E-state index contributed by atoms with van der Waals surface area (Å²) in [5.74, 6) is -0.487. The Hall–Kier alpha value is -2.01. The van der Waals surface area contributed by atoms with Gasteiger partial charge in [-0.1, -0.05) is 27.5 Å². The van der Waals surface area contributed by atoms with Crippen LogP contribution in [0, 0.1) is 10.1 Å². The predicted octanol–water partition coefficient (Wildman–Crippen LogP) is 3.32. The van der Waals surface area contributed by atoms with Crippen molar-refractivity contribution in [1.82, 2.24) is 4.72 Å². The molecule has 8 nitrogen and oxygen atoms in total. The Labute approximate surface area is 162 Å². The summed E-state index contributed by atoms with van der Waals surface area (Å²) in [5, 5.41) is 13.1. The lowest BCUT2D eigenvalue weighted by Crippen LogP contribution is -2.27. The number of benzene rings is 2. The normalized spacial score (nSPS) is 11.2. The van der Waals surface area contributed by atoms with Crippen LogP contribution in [0.25, 0.3) is 0 Å². The first-order valence-corrected chi connectivity index (χ1v) is 9.83. The van der Waals surface area contributed by atoms with E-state index in [1.165, 1.54) is 24.3 Å². The van der Waals surface area contributed by atoms with E-state index in [1.807, 2.05) is 0 Å². The van der Waals surface area contributed by atoms with Crippen molar-refractivity contribution in [1.29, 1.82) is 0 Å². The maximum atomic E-state index is 12.1. The van der Waals surface area contributed by atoms with E-state index in [9.17, 15) is 23.3 Å². The third-order valence-electron chi connectivity index (χ3n) is 3.21. The number of nitrogens with one attached hydrogen (secondary N) is 2. The summed E-state index contributed by atoms with van der Waals surface area (Å²) >= 11 is 9.10. The summed E-state index contributed by atoms with van der Waals surface area (Å²) < 4.78 is 27.3. The van der Waals surface area contributed by atoms with Gasteiger partial charge >= 0.3 is 0 Å². The molecule has 0 saturated heterocycles. The molecule has 0 bridgehead atoms. The van der Waals surface area contributed by atoms with Crippen molar-refractivity contribution in [2.75, 3.05) is 11.9 Å². The highest BCUT2D eigenvalue weighted by atomic mass is 79.9. The van der Waals surface area contributed by atoms with Crippen LogP contribution in [0.2, 0.25) is 5.02 Å². The minimum absolute atomic E-state index is 0.0167. The molecular formula is C15H13BrClN3O5S. The second-order valence-corrected chi connectivity index (χ2v) is 8.16. The van der Waals surface area contributed by atoms with Gasteiger partial charge < -0.3 is 5.32 Å². The highest BCUT2D eigenvalue weighted by Crippen LogP contribution is 2.26. The van der Waals surface area contributed by atoms with Crippen LogP contribution in [0.15, 0.2) is 51.8 Å². The van der Waals surface area contributed by atoms with Gasteiger partial charge in [0.25, 0.3) is 5.69 Å². The van der Waals surface area contributed by atoms with Crippen molar-refractivity contribution in [3.8, 4) is 0 Å². The number of sulfonamides is 1. The van der Waals surface area contributed by atoms with E-state index in [2.05, 4.69) is 26.0 Å². The topological polar surface area (TPSA) is 118 Å². The molecule has 0 heterocycles. The zero-order chi connectivity index (χ0) is 19.3. The molecule has 0 aliphatic rings. The Bertz CT molecular complexity index is 935. The molecule has 2 N–H and O–H groups in total. The van der Waals surface area contributed by atoms with Gasteiger partial charge in [-0.25, -0.2) is 13.1 Å². The minimum atomic E-state index is -3.72. The molecule has 0 fully saturated rings. The van der Waals surface area contributed by atoms with Crippen molar-refractivity contribution >= 4 is 54.8 Å². The summed E-state index contributed by atoms with van der Waals surface area (Å²) in [6.07, 6.45) is -0.136. The van der Waals surface area contributed by atoms with E-state index >= 15 is 0 Å².